The molecule has 0 saturated heterocycles. The first-order chi connectivity index (χ1) is 7.46. The van der Waals surface area contributed by atoms with Crippen molar-refractivity contribution >= 4 is 21.8 Å². The highest BCUT2D eigenvalue weighted by Gasteiger charge is 2.20. The van der Waals surface area contributed by atoms with Gasteiger partial charge in [-0.15, -0.1) is 0 Å². The predicted molar refractivity (Wildman–Crippen MR) is 64.2 cm³/mol. The average molecular weight is 290 g/mol. The van der Waals surface area contributed by atoms with E-state index in [1.807, 2.05) is 13.8 Å². The first-order valence-corrected chi connectivity index (χ1v) is 5.87. The van der Waals surface area contributed by atoms with Crippen LogP contribution in [0.1, 0.15) is 30.6 Å². The predicted octanol–water partition coefficient (Wildman–Crippen LogP) is 2.18. The molecule has 0 aromatic carbocycles. The fourth-order valence-corrected chi connectivity index (χ4v) is 1.68. The van der Waals surface area contributed by atoms with Crippen LogP contribution in [-0.4, -0.2) is 24.2 Å². The lowest BCUT2D eigenvalue weighted by Gasteiger charge is -2.23. The van der Waals surface area contributed by atoms with Crippen molar-refractivity contribution in [2.24, 2.45) is 5.41 Å². The number of amides is 1. The van der Waals surface area contributed by atoms with Crippen LogP contribution in [0.3, 0.4) is 0 Å². The Balaban J connectivity index is 2.51. The number of hydrogen-bond acceptors (Lipinski definition) is 3. The quantitative estimate of drug-likeness (QED) is 0.873. The Bertz CT molecular complexity index is 360. The fraction of sp³-hybridized carbons (Fsp3) is 0.545. The maximum atomic E-state index is 11.7. The molecule has 0 aliphatic heterocycles. The van der Waals surface area contributed by atoms with Crippen LogP contribution in [0.15, 0.2) is 21.4 Å². The van der Waals surface area contributed by atoms with Gasteiger partial charge in [-0.2, -0.15) is 0 Å². The average Bonchev–Trinajstić information content (AvgIpc) is 2.61. The Morgan fingerprint density at radius 3 is 2.81 bits per heavy atom. The van der Waals surface area contributed by atoms with Crippen LogP contribution in [0.5, 0.6) is 0 Å². The van der Waals surface area contributed by atoms with Gasteiger partial charge in [-0.05, 0) is 33.8 Å². The summed E-state index contributed by atoms with van der Waals surface area (Å²) in [7, 11) is 0. The first-order valence-electron chi connectivity index (χ1n) is 5.08. The number of halogens is 1. The second-order valence-corrected chi connectivity index (χ2v) is 5.15. The van der Waals surface area contributed by atoms with Crippen molar-refractivity contribution in [1.82, 2.24) is 5.32 Å². The molecule has 1 aromatic heterocycles. The van der Waals surface area contributed by atoms with Gasteiger partial charge in [0.25, 0.3) is 5.91 Å². The summed E-state index contributed by atoms with van der Waals surface area (Å²) in [4.78, 5) is 11.7. The molecule has 0 bridgehead atoms. The smallest absolute Gasteiger partial charge is 0.255 e. The summed E-state index contributed by atoms with van der Waals surface area (Å²) < 4.78 is 5.42. The van der Waals surface area contributed by atoms with E-state index < -0.39 is 0 Å². The summed E-state index contributed by atoms with van der Waals surface area (Å²) in [6.45, 7) is 4.63. The maximum Gasteiger partial charge on any atom is 0.255 e. The topological polar surface area (TPSA) is 62.5 Å². The molecule has 2 N–H and O–H groups in total. The van der Waals surface area contributed by atoms with Gasteiger partial charge in [0.05, 0.1) is 11.8 Å². The van der Waals surface area contributed by atoms with Crippen LogP contribution in [-0.2, 0) is 0 Å². The maximum absolute atomic E-state index is 11.7. The van der Waals surface area contributed by atoms with Crippen molar-refractivity contribution in [1.29, 1.82) is 0 Å². The molecule has 0 aliphatic rings. The van der Waals surface area contributed by atoms with E-state index in [2.05, 4.69) is 21.2 Å². The highest BCUT2D eigenvalue weighted by molar-refractivity contribution is 9.10. The number of aliphatic hydroxyl groups excluding tert-OH is 1. The highest BCUT2D eigenvalue weighted by atomic mass is 79.9. The molecule has 1 aromatic rings. The summed E-state index contributed by atoms with van der Waals surface area (Å²) in [5, 5.41) is 11.7. The molecule has 0 fully saturated rings. The van der Waals surface area contributed by atoms with E-state index in [9.17, 15) is 4.79 Å². The van der Waals surface area contributed by atoms with Gasteiger partial charge in [-0.1, -0.05) is 13.8 Å². The van der Waals surface area contributed by atoms with Crippen LogP contribution in [0.25, 0.3) is 0 Å². The zero-order valence-electron chi connectivity index (χ0n) is 9.42. The molecular weight excluding hydrogens is 274 g/mol. The number of furan rings is 1. The SMILES string of the molecule is CC(C)(CCO)CNC(=O)c1ccoc1Br. The van der Waals surface area contributed by atoms with Crippen molar-refractivity contribution in [2.75, 3.05) is 13.2 Å². The van der Waals surface area contributed by atoms with Crippen molar-refractivity contribution in [3.8, 4) is 0 Å². The third-order valence-corrected chi connectivity index (χ3v) is 2.99. The van der Waals surface area contributed by atoms with Crippen LogP contribution >= 0.6 is 15.9 Å². The van der Waals surface area contributed by atoms with Gasteiger partial charge >= 0.3 is 0 Å². The lowest BCUT2D eigenvalue weighted by molar-refractivity contribution is 0.0926. The van der Waals surface area contributed by atoms with E-state index >= 15 is 0 Å². The van der Waals surface area contributed by atoms with Crippen molar-refractivity contribution in [3.63, 3.8) is 0 Å². The van der Waals surface area contributed by atoms with Gasteiger partial charge in [-0.25, -0.2) is 0 Å². The monoisotopic (exact) mass is 289 g/mol. The molecule has 1 amide bonds. The normalized spacial score (nSPS) is 11.5. The molecule has 16 heavy (non-hydrogen) atoms. The van der Waals surface area contributed by atoms with E-state index in [1.54, 1.807) is 6.07 Å². The van der Waals surface area contributed by atoms with Gasteiger partial charge in [0, 0.05) is 13.2 Å². The Morgan fingerprint density at radius 1 is 1.62 bits per heavy atom. The minimum Gasteiger partial charge on any atom is -0.457 e. The standard InChI is InChI=1S/C11H16BrNO3/c1-11(2,4-5-14)7-13-10(15)8-3-6-16-9(8)12/h3,6,14H,4-5,7H2,1-2H3,(H,13,15). The largest absolute Gasteiger partial charge is 0.457 e. The van der Waals surface area contributed by atoms with E-state index in [4.69, 9.17) is 9.52 Å². The van der Waals surface area contributed by atoms with Crippen LogP contribution < -0.4 is 5.32 Å². The molecule has 0 saturated carbocycles. The first kappa shape index (κ1) is 13.3. The van der Waals surface area contributed by atoms with E-state index in [-0.39, 0.29) is 17.9 Å². The molecule has 5 heteroatoms. The lowest BCUT2D eigenvalue weighted by Crippen LogP contribution is -2.34. The summed E-state index contributed by atoms with van der Waals surface area (Å²) in [5.41, 5.74) is 0.375. The number of aliphatic hydroxyl groups is 1. The van der Waals surface area contributed by atoms with Crippen LogP contribution in [0.2, 0.25) is 0 Å². The molecule has 4 nitrogen and oxygen atoms in total. The lowest BCUT2D eigenvalue weighted by atomic mass is 9.90. The Morgan fingerprint density at radius 2 is 2.31 bits per heavy atom. The fourth-order valence-electron chi connectivity index (χ4n) is 1.26. The minimum atomic E-state index is -0.174. The molecular formula is C11H16BrNO3. The highest BCUT2D eigenvalue weighted by Crippen LogP contribution is 2.20. The number of nitrogens with one attached hydrogen (secondary N) is 1. The van der Waals surface area contributed by atoms with Gasteiger partial charge < -0.3 is 14.8 Å². The molecule has 0 unspecified atom stereocenters. The zero-order valence-corrected chi connectivity index (χ0v) is 11.0. The Labute approximate surface area is 103 Å². The summed E-state index contributed by atoms with van der Waals surface area (Å²) in [5.74, 6) is -0.174. The summed E-state index contributed by atoms with van der Waals surface area (Å²) in [6.07, 6.45) is 2.11. The second kappa shape index (κ2) is 5.50. The molecule has 0 spiro atoms. The third-order valence-electron chi connectivity index (χ3n) is 2.38. The molecule has 0 aliphatic carbocycles. The Kier molecular flexibility index (Phi) is 4.56. The van der Waals surface area contributed by atoms with E-state index in [0.29, 0.717) is 23.2 Å². The van der Waals surface area contributed by atoms with Crippen molar-refractivity contribution < 1.29 is 14.3 Å². The molecule has 1 heterocycles. The van der Waals surface area contributed by atoms with Gasteiger partial charge in [0.1, 0.15) is 0 Å². The number of carbonyl (C=O) groups excluding carboxylic acids is 1. The molecule has 1 rings (SSSR count). The Hall–Kier alpha value is -0.810. The van der Waals surface area contributed by atoms with Crippen molar-refractivity contribution in [3.05, 3.63) is 22.6 Å². The summed E-state index contributed by atoms with van der Waals surface area (Å²) >= 11 is 3.15. The van der Waals surface area contributed by atoms with Crippen molar-refractivity contribution in [2.45, 2.75) is 20.3 Å². The van der Waals surface area contributed by atoms with Gasteiger partial charge in [0.2, 0.25) is 0 Å². The van der Waals surface area contributed by atoms with E-state index in [0.717, 1.165) is 0 Å². The van der Waals surface area contributed by atoms with Crippen LogP contribution in [0, 0.1) is 5.41 Å². The zero-order chi connectivity index (χ0) is 12.2. The van der Waals surface area contributed by atoms with Crippen LogP contribution in [0.4, 0.5) is 0 Å². The molecule has 90 valence electrons. The third kappa shape index (κ3) is 3.64. The number of carbonyl (C=O) groups is 1. The minimum absolute atomic E-state index is 0.110. The summed E-state index contributed by atoms with van der Waals surface area (Å²) in [6, 6.07) is 1.61. The van der Waals surface area contributed by atoms with E-state index in [1.165, 1.54) is 6.26 Å². The van der Waals surface area contributed by atoms with Gasteiger partial charge in [0.15, 0.2) is 4.67 Å². The second-order valence-electron chi connectivity index (χ2n) is 4.43. The molecule has 0 radical (unpaired) electrons. The number of hydrogen-bond donors (Lipinski definition) is 2. The van der Waals surface area contributed by atoms with Gasteiger partial charge in [-0.3, -0.25) is 4.79 Å². The number of rotatable bonds is 5. The molecule has 0 atom stereocenters.